The van der Waals surface area contributed by atoms with E-state index >= 15 is 0 Å². The van der Waals surface area contributed by atoms with Crippen LogP contribution >= 0.6 is 11.6 Å². The van der Waals surface area contributed by atoms with Crippen molar-refractivity contribution in [2.24, 2.45) is 5.92 Å². The molecule has 0 saturated heterocycles. The van der Waals surface area contributed by atoms with Crippen molar-refractivity contribution in [3.63, 3.8) is 0 Å². The molecule has 2 aromatic carbocycles. The molecule has 2 N–H and O–H groups in total. The molecule has 6 nitrogen and oxygen atoms in total. The third kappa shape index (κ3) is 4.01. The van der Waals surface area contributed by atoms with Gasteiger partial charge in [-0.15, -0.1) is 0 Å². The van der Waals surface area contributed by atoms with Crippen molar-refractivity contribution >= 4 is 34.9 Å². The van der Waals surface area contributed by atoms with E-state index in [9.17, 15) is 9.59 Å². The van der Waals surface area contributed by atoms with Crippen LogP contribution in [-0.4, -0.2) is 21.6 Å². The van der Waals surface area contributed by atoms with Gasteiger partial charge >= 0.3 is 0 Å². The summed E-state index contributed by atoms with van der Waals surface area (Å²) in [7, 11) is 0. The number of para-hydroxylation sites is 1. The minimum absolute atomic E-state index is 0.0473. The molecule has 1 fully saturated rings. The first-order valence-corrected chi connectivity index (χ1v) is 9.01. The number of hydrogen-bond acceptors (Lipinski definition) is 3. The SMILES string of the molecule is O=C(Nc1cccc(Cl)c1)c1cc(NC(=O)C2CC2)n(-c2ccccc2)n1. The molecule has 0 aliphatic heterocycles. The number of benzene rings is 2. The molecule has 1 aliphatic carbocycles. The van der Waals surface area contributed by atoms with Crippen molar-refractivity contribution in [1.82, 2.24) is 9.78 Å². The second kappa shape index (κ2) is 7.25. The zero-order valence-corrected chi connectivity index (χ0v) is 15.1. The number of amides is 2. The lowest BCUT2D eigenvalue weighted by Crippen LogP contribution is -2.16. The minimum Gasteiger partial charge on any atom is -0.321 e. The first kappa shape index (κ1) is 17.3. The van der Waals surface area contributed by atoms with Gasteiger partial charge in [0, 0.05) is 22.7 Å². The number of hydrogen-bond donors (Lipinski definition) is 2. The van der Waals surface area contributed by atoms with Crippen molar-refractivity contribution in [2.45, 2.75) is 12.8 Å². The third-order valence-corrected chi connectivity index (χ3v) is 4.46. The molecule has 1 aromatic heterocycles. The van der Waals surface area contributed by atoms with Crippen LogP contribution in [0.1, 0.15) is 23.3 Å². The van der Waals surface area contributed by atoms with Crippen molar-refractivity contribution in [3.05, 3.63) is 71.4 Å². The number of nitrogens with one attached hydrogen (secondary N) is 2. The molecular weight excluding hydrogens is 364 g/mol. The number of carbonyl (C=O) groups excluding carboxylic acids is 2. The van der Waals surface area contributed by atoms with Crippen LogP contribution in [-0.2, 0) is 4.79 Å². The van der Waals surface area contributed by atoms with E-state index in [1.165, 1.54) is 0 Å². The fourth-order valence-electron chi connectivity index (χ4n) is 2.68. The molecule has 7 heteroatoms. The highest BCUT2D eigenvalue weighted by molar-refractivity contribution is 6.30. The second-order valence-corrected chi connectivity index (χ2v) is 6.83. The molecule has 2 amide bonds. The Bertz CT molecular complexity index is 996. The lowest BCUT2D eigenvalue weighted by molar-refractivity contribution is -0.117. The van der Waals surface area contributed by atoms with Crippen molar-refractivity contribution in [1.29, 1.82) is 0 Å². The van der Waals surface area contributed by atoms with E-state index < -0.39 is 0 Å². The summed E-state index contributed by atoms with van der Waals surface area (Å²) >= 11 is 5.96. The lowest BCUT2D eigenvalue weighted by atomic mass is 10.3. The highest BCUT2D eigenvalue weighted by atomic mass is 35.5. The Morgan fingerprint density at radius 2 is 1.78 bits per heavy atom. The molecule has 0 bridgehead atoms. The summed E-state index contributed by atoms with van der Waals surface area (Å²) in [6, 6.07) is 17.8. The monoisotopic (exact) mass is 380 g/mol. The maximum absolute atomic E-state index is 12.6. The maximum Gasteiger partial charge on any atom is 0.276 e. The van der Waals surface area contributed by atoms with Gasteiger partial charge < -0.3 is 10.6 Å². The Kier molecular flexibility index (Phi) is 4.64. The standard InChI is InChI=1S/C20H17ClN4O2/c21-14-5-4-6-15(11-14)22-20(27)17-12-18(23-19(26)13-9-10-13)25(24-17)16-7-2-1-3-8-16/h1-8,11-13H,9-10H2,(H,22,27)(H,23,26). The zero-order valence-electron chi connectivity index (χ0n) is 14.4. The van der Waals surface area contributed by atoms with E-state index in [1.807, 2.05) is 30.3 Å². The van der Waals surface area contributed by atoms with Crippen LogP contribution in [0.25, 0.3) is 5.69 Å². The molecule has 136 valence electrons. The summed E-state index contributed by atoms with van der Waals surface area (Å²) < 4.78 is 1.56. The summed E-state index contributed by atoms with van der Waals surface area (Å²) in [6.07, 6.45) is 1.79. The average molecular weight is 381 g/mol. The van der Waals surface area contributed by atoms with E-state index in [1.54, 1.807) is 35.0 Å². The number of carbonyl (C=O) groups is 2. The zero-order chi connectivity index (χ0) is 18.8. The molecule has 1 heterocycles. The van der Waals surface area contributed by atoms with Gasteiger partial charge in [-0.05, 0) is 43.2 Å². The second-order valence-electron chi connectivity index (χ2n) is 6.39. The van der Waals surface area contributed by atoms with Gasteiger partial charge in [0.05, 0.1) is 5.69 Å². The van der Waals surface area contributed by atoms with Crippen LogP contribution in [0.4, 0.5) is 11.5 Å². The highest BCUT2D eigenvalue weighted by Crippen LogP contribution is 2.30. The van der Waals surface area contributed by atoms with Gasteiger partial charge in [0.1, 0.15) is 5.82 Å². The molecule has 1 aliphatic rings. The molecular formula is C20H17ClN4O2. The van der Waals surface area contributed by atoms with Crippen LogP contribution in [0.15, 0.2) is 60.7 Å². The molecule has 27 heavy (non-hydrogen) atoms. The fourth-order valence-corrected chi connectivity index (χ4v) is 2.87. The van der Waals surface area contributed by atoms with Crippen molar-refractivity contribution < 1.29 is 9.59 Å². The predicted octanol–water partition coefficient (Wildman–Crippen LogP) is 4.13. The quantitative estimate of drug-likeness (QED) is 0.698. The molecule has 1 saturated carbocycles. The van der Waals surface area contributed by atoms with Crippen LogP contribution in [0.2, 0.25) is 5.02 Å². The molecule has 0 radical (unpaired) electrons. The number of halogens is 1. The van der Waals surface area contributed by atoms with Crippen LogP contribution in [0.5, 0.6) is 0 Å². The Balaban J connectivity index is 1.63. The smallest absolute Gasteiger partial charge is 0.276 e. The van der Waals surface area contributed by atoms with Gasteiger partial charge in [0.15, 0.2) is 5.69 Å². The molecule has 4 rings (SSSR count). The molecule has 0 spiro atoms. The summed E-state index contributed by atoms with van der Waals surface area (Å²) in [5.74, 6) is 0.0879. The van der Waals surface area contributed by atoms with Crippen molar-refractivity contribution in [3.8, 4) is 5.69 Å². The van der Waals surface area contributed by atoms with E-state index in [0.717, 1.165) is 18.5 Å². The predicted molar refractivity (Wildman–Crippen MR) is 104 cm³/mol. The molecule has 0 atom stereocenters. The Morgan fingerprint density at radius 1 is 1.00 bits per heavy atom. The Hall–Kier alpha value is -3.12. The van der Waals surface area contributed by atoms with E-state index in [2.05, 4.69) is 15.7 Å². The highest BCUT2D eigenvalue weighted by Gasteiger charge is 2.30. The Morgan fingerprint density at radius 3 is 2.48 bits per heavy atom. The number of rotatable bonds is 5. The first-order valence-electron chi connectivity index (χ1n) is 8.63. The topological polar surface area (TPSA) is 76.0 Å². The number of aromatic nitrogens is 2. The van der Waals surface area contributed by atoms with Crippen LogP contribution < -0.4 is 10.6 Å². The van der Waals surface area contributed by atoms with E-state index in [-0.39, 0.29) is 23.4 Å². The Labute approximate surface area is 161 Å². The first-order chi connectivity index (χ1) is 13.1. The van der Waals surface area contributed by atoms with Crippen LogP contribution in [0.3, 0.4) is 0 Å². The van der Waals surface area contributed by atoms with Gasteiger partial charge in [-0.1, -0.05) is 35.9 Å². The fraction of sp³-hybridized carbons (Fsp3) is 0.150. The summed E-state index contributed by atoms with van der Waals surface area (Å²) in [5.41, 5.74) is 1.53. The lowest BCUT2D eigenvalue weighted by Gasteiger charge is -2.08. The summed E-state index contributed by atoms with van der Waals surface area (Å²) in [6.45, 7) is 0. The normalized spacial score (nSPS) is 13.2. The number of anilines is 2. The molecule has 0 unspecified atom stereocenters. The summed E-state index contributed by atoms with van der Waals surface area (Å²) in [4.78, 5) is 24.8. The van der Waals surface area contributed by atoms with Gasteiger partial charge in [-0.25, -0.2) is 4.68 Å². The largest absolute Gasteiger partial charge is 0.321 e. The van der Waals surface area contributed by atoms with Gasteiger partial charge in [0.2, 0.25) is 5.91 Å². The molecule has 3 aromatic rings. The maximum atomic E-state index is 12.6. The van der Waals surface area contributed by atoms with Gasteiger partial charge in [-0.3, -0.25) is 9.59 Å². The van der Waals surface area contributed by atoms with E-state index in [0.29, 0.717) is 16.5 Å². The van der Waals surface area contributed by atoms with Gasteiger partial charge in [-0.2, -0.15) is 5.10 Å². The summed E-state index contributed by atoms with van der Waals surface area (Å²) in [5, 5.41) is 10.6. The third-order valence-electron chi connectivity index (χ3n) is 4.22. The van der Waals surface area contributed by atoms with Crippen LogP contribution in [0, 0.1) is 5.92 Å². The van der Waals surface area contributed by atoms with E-state index in [4.69, 9.17) is 11.6 Å². The van der Waals surface area contributed by atoms with Gasteiger partial charge in [0.25, 0.3) is 5.91 Å². The average Bonchev–Trinajstić information content (AvgIpc) is 3.43. The minimum atomic E-state index is -0.381. The van der Waals surface area contributed by atoms with Crippen molar-refractivity contribution in [2.75, 3.05) is 10.6 Å². The number of nitrogens with zero attached hydrogens (tertiary/aromatic N) is 2.